The van der Waals surface area contributed by atoms with Crippen molar-refractivity contribution < 1.29 is 9.53 Å². The zero-order chi connectivity index (χ0) is 16.1. The summed E-state index contributed by atoms with van der Waals surface area (Å²) in [5.41, 5.74) is 0.938. The number of fused-ring (bicyclic) bond motifs is 1. The zero-order valence-corrected chi connectivity index (χ0v) is 15.3. The van der Waals surface area contributed by atoms with Crippen LogP contribution < -0.4 is 0 Å². The predicted octanol–water partition coefficient (Wildman–Crippen LogP) is 4.23. The number of piperidine rings is 1. The number of rotatable bonds is 4. The normalized spacial score (nSPS) is 30.1. The molecule has 4 heteroatoms. The minimum atomic E-state index is 0.293. The molecule has 0 spiro atoms. The van der Waals surface area contributed by atoms with Crippen LogP contribution in [0.2, 0.25) is 0 Å². The number of likely N-dealkylation sites (tertiary alicyclic amines) is 1. The van der Waals surface area contributed by atoms with Gasteiger partial charge in [0.2, 0.25) is 5.91 Å². The maximum atomic E-state index is 12.9. The molecule has 2 aliphatic heterocycles. The highest BCUT2D eigenvalue weighted by atomic mass is 32.2. The van der Waals surface area contributed by atoms with Crippen LogP contribution in [-0.4, -0.2) is 42.4 Å². The lowest BCUT2D eigenvalue weighted by Crippen LogP contribution is -2.49. The molecule has 3 nitrogen and oxygen atoms in total. The number of ether oxygens (including phenoxy) is 1. The minimum Gasteiger partial charge on any atom is -0.381 e. The van der Waals surface area contributed by atoms with E-state index in [9.17, 15) is 4.79 Å². The molecule has 2 unspecified atom stereocenters. The fourth-order valence-electron chi connectivity index (χ4n) is 4.38. The Bertz CT molecular complexity index is 429. The molecule has 2 saturated heterocycles. The van der Waals surface area contributed by atoms with Gasteiger partial charge in [-0.15, -0.1) is 11.8 Å². The third-order valence-electron chi connectivity index (χ3n) is 5.77. The monoisotopic (exact) mass is 337 g/mol. The summed E-state index contributed by atoms with van der Waals surface area (Å²) in [5, 5.41) is 2.12. The third kappa shape index (κ3) is 4.54. The van der Waals surface area contributed by atoms with Crippen LogP contribution >= 0.6 is 11.8 Å². The van der Waals surface area contributed by atoms with E-state index in [1.54, 1.807) is 0 Å². The Morgan fingerprint density at radius 3 is 2.70 bits per heavy atom. The van der Waals surface area contributed by atoms with Crippen LogP contribution in [0.5, 0.6) is 0 Å². The van der Waals surface area contributed by atoms with E-state index < -0.39 is 0 Å². The summed E-state index contributed by atoms with van der Waals surface area (Å²) in [4.78, 5) is 15.1. The number of thioether (sulfide) groups is 1. The van der Waals surface area contributed by atoms with Crippen LogP contribution in [0.4, 0.5) is 0 Å². The predicted molar refractivity (Wildman–Crippen MR) is 96.5 cm³/mol. The summed E-state index contributed by atoms with van der Waals surface area (Å²) in [7, 11) is 0. The van der Waals surface area contributed by atoms with Crippen molar-refractivity contribution in [2.24, 2.45) is 11.8 Å². The molecule has 0 radical (unpaired) electrons. The lowest BCUT2D eigenvalue weighted by Gasteiger charge is -2.44. The lowest BCUT2D eigenvalue weighted by atomic mass is 9.78. The van der Waals surface area contributed by atoms with E-state index in [4.69, 9.17) is 4.74 Å². The van der Waals surface area contributed by atoms with Crippen LogP contribution in [0.1, 0.15) is 58.3 Å². The van der Waals surface area contributed by atoms with Crippen molar-refractivity contribution >= 4 is 17.7 Å². The van der Waals surface area contributed by atoms with Crippen molar-refractivity contribution in [3.05, 3.63) is 11.0 Å². The molecule has 130 valence electrons. The molecule has 3 rings (SSSR count). The number of nitrogens with zero attached hydrogens (tertiary/aromatic N) is 1. The number of amides is 1. The average Bonchev–Trinajstić information content (AvgIpc) is 2.61. The summed E-state index contributed by atoms with van der Waals surface area (Å²) in [6.45, 7) is 4.79. The second-order valence-electron chi connectivity index (χ2n) is 7.44. The van der Waals surface area contributed by atoms with E-state index in [1.807, 2.05) is 18.7 Å². The smallest absolute Gasteiger partial charge is 0.250 e. The number of carbonyl (C=O) groups is 1. The molecule has 3 fully saturated rings. The van der Waals surface area contributed by atoms with Crippen LogP contribution in [0.15, 0.2) is 11.0 Å². The zero-order valence-electron chi connectivity index (χ0n) is 14.5. The Kier molecular flexibility index (Phi) is 6.46. The first-order valence-electron chi connectivity index (χ1n) is 9.43. The topological polar surface area (TPSA) is 29.5 Å². The Labute approximate surface area is 145 Å². The molecular weight excluding hydrogens is 306 g/mol. The first-order valence-corrected chi connectivity index (χ1v) is 10.5. The Hall–Kier alpha value is -0.480. The van der Waals surface area contributed by atoms with E-state index >= 15 is 0 Å². The van der Waals surface area contributed by atoms with Crippen molar-refractivity contribution in [2.75, 3.05) is 25.5 Å². The summed E-state index contributed by atoms with van der Waals surface area (Å²) in [6, 6.07) is 0.522. The maximum absolute atomic E-state index is 12.9. The molecule has 2 atom stereocenters. The summed E-state index contributed by atoms with van der Waals surface area (Å²) in [6.07, 6.45) is 10.1. The van der Waals surface area contributed by atoms with Gasteiger partial charge in [-0.25, -0.2) is 0 Å². The van der Waals surface area contributed by atoms with Gasteiger partial charge in [-0.3, -0.25) is 4.79 Å². The van der Waals surface area contributed by atoms with E-state index in [0.29, 0.717) is 11.9 Å². The number of carbonyl (C=O) groups excluding carboxylic acids is 1. The molecule has 0 aromatic heterocycles. The average molecular weight is 338 g/mol. The fraction of sp³-hybridized carbons (Fsp3) is 0.842. The third-order valence-corrected chi connectivity index (χ3v) is 6.96. The van der Waals surface area contributed by atoms with Crippen molar-refractivity contribution in [3.8, 4) is 0 Å². The molecule has 0 bridgehead atoms. The fourth-order valence-corrected chi connectivity index (χ4v) is 5.43. The van der Waals surface area contributed by atoms with Gasteiger partial charge in [0, 0.05) is 37.1 Å². The van der Waals surface area contributed by atoms with Gasteiger partial charge in [0.05, 0.1) is 0 Å². The van der Waals surface area contributed by atoms with Crippen LogP contribution in [-0.2, 0) is 9.53 Å². The lowest BCUT2D eigenvalue weighted by molar-refractivity contribution is -0.133. The van der Waals surface area contributed by atoms with E-state index in [2.05, 4.69) is 10.3 Å². The van der Waals surface area contributed by atoms with E-state index in [0.717, 1.165) is 42.9 Å². The van der Waals surface area contributed by atoms with Gasteiger partial charge in [-0.1, -0.05) is 12.8 Å². The standard InChI is InChI=1S/C19H31NO2S/c1-15(13-23-14-16-8-11-22-12-9-16)19(21)20-10-4-6-17-5-2-3-7-18(17)20/h13,16-18H,2-12,14H2,1H3/b15-13+. The summed E-state index contributed by atoms with van der Waals surface area (Å²) < 4.78 is 5.41. The number of hydrogen-bond acceptors (Lipinski definition) is 3. The van der Waals surface area contributed by atoms with Crippen molar-refractivity contribution in [3.63, 3.8) is 0 Å². The second-order valence-corrected chi connectivity index (χ2v) is 8.34. The molecule has 0 aromatic carbocycles. The highest BCUT2D eigenvalue weighted by molar-refractivity contribution is 8.02. The first-order chi connectivity index (χ1) is 11.3. The van der Waals surface area contributed by atoms with Gasteiger partial charge >= 0.3 is 0 Å². The van der Waals surface area contributed by atoms with Crippen molar-refractivity contribution in [1.29, 1.82) is 0 Å². The highest BCUT2D eigenvalue weighted by Crippen LogP contribution is 2.36. The molecule has 3 aliphatic rings. The van der Waals surface area contributed by atoms with E-state index in [-0.39, 0.29) is 0 Å². The Balaban J connectivity index is 1.52. The number of hydrogen-bond donors (Lipinski definition) is 0. The molecule has 0 N–H and O–H groups in total. The SMILES string of the molecule is C/C(=C\SCC1CCOCC1)C(=O)N1CCCC2CCCCC21. The van der Waals surface area contributed by atoms with Gasteiger partial charge in [-0.05, 0) is 62.7 Å². The van der Waals surface area contributed by atoms with Gasteiger partial charge in [0.1, 0.15) is 0 Å². The molecule has 23 heavy (non-hydrogen) atoms. The maximum Gasteiger partial charge on any atom is 0.250 e. The molecule has 0 aromatic rings. The molecule has 1 saturated carbocycles. The first kappa shape index (κ1) is 17.3. The van der Waals surface area contributed by atoms with Crippen molar-refractivity contribution in [1.82, 2.24) is 4.90 Å². The largest absolute Gasteiger partial charge is 0.381 e. The Morgan fingerprint density at radius 1 is 1.13 bits per heavy atom. The van der Waals surface area contributed by atoms with Crippen LogP contribution in [0.3, 0.4) is 0 Å². The van der Waals surface area contributed by atoms with Gasteiger partial charge in [0.25, 0.3) is 0 Å². The van der Waals surface area contributed by atoms with Crippen LogP contribution in [0, 0.1) is 11.8 Å². The second kappa shape index (κ2) is 8.57. The van der Waals surface area contributed by atoms with Gasteiger partial charge in [0.15, 0.2) is 0 Å². The molecular formula is C19H31NO2S. The quantitative estimate of drug-likeness (QED) is 0.719. The van der Waals surface area contributed by atoms with Crippen molar-refractivity contribution in [2.45, 2.75) is 64.3 Å². The molecule has 2 heterocycles. The van der Waals surface area contributed by atoms with Gasteiger partial charge in [-0.2, -0.15) is 0 Å². The summed E-state index contributed by atoms with van der Waals surface area (Å²) >= 11 is 1.82. The van der Waals surface area contributed by atoms with E-state index in [1.165, 1.54) is 51.4 Å². The molecule has 1 amide bonds. The van der Waals surface area contributed by atoms with Gasteiger partial charge < -0.3 is 9.64 Å². The minimum absolute atomic E-state index is 0.293. The highest BCUT2D eigenvalue weighted by Gasteiger charge is 2.35. The Morgan fingerprint density at radius 2 is 1.87 bits per heavy atom. The summed E-state index contributed by atoms with van der Waals surface area (Å²) in [5.74, 6) is 2.94. The molecule has 1 aliphatic carbocycles. The van der Waals surface area contributed by atoms with Crippen LogP contribution in [0.25, 0.3) is 0 Å².